The third-order valence-corrected chi connectivity index (χ3v) is 2.84. The van der Waals surface area contributed by atoms with Gasteiger partial charge < -0.3 is 10.6 Å². The first-order valence-corrected chi connectivity index (χ1v) is 5.68. The Bertz CT molecular complexity index is 134. The lowest BCUT2D eigenvalue weighted by Gasteiger charge is -2.25. The highest BCUT2D eigenvalue weighted by Gasteiger charge is 2.23. The quantitative estimate of drug-likeness (QED) is 0.706. The predicted molar refractivity (Wildman–Crippen MR) is 57.7 cm³/mol. The summed E-state index contributed by atoms with van der Waals surface area (Å²) < 4.78 is 0. The Morgan fingerprint density at radius 3 is 2.85 bits per heavy atom. The molecule has 0 aromatic rings. The zero-order valence-electron chi connectivity index (χ0n) is 9.13. The SMILES string of the molecule is CC(C)CN1CCCC1CCCN. The second-order valence-corrected chi connectivity index (χ2v) is 4.62. The van der Waals surface area contributed by atoms with Crippen molar-refractivity contribution in [2.75, 3.05) is 19.6 Å². The summed E-state index contributed by atoms with van der Waals surface area (Å²) >= 11 is 0. The minimum Gasteiger partial charge on any atom is -0.330 e. The third kappa shape index (κ3) is 3.65. The fourth-order valence-corrected chi connectivity index (χ4v) is 2.28. The second kappa shape index (κ2) is 5.61. The van der Waals surface area contributed by atoms with E-state index in [9.17, 15) is 0 Å². The van der Waals surface area contributed by atoms with E-state index in [2.05, 4.69) is 18.7 Å². The van der Waals surface area contributed by atoms with E-state index >= 15 is 0 Å². The Morgan fingerprint density at radius 2 is 2.23 bits per heavy atom. The van der Waals surface area contributed by atoms with E-state index in [0.717, 1.165) is 18.5 Å². The maximum Gasteiger partial charge on any atom is 0.00963 e. The summed E-state index contributed by atoms with van der Waals surface area (Å²) in [6, 6.07) is 0.839. The Labute approximate surface area is 82.5 Å². The van der Waals surface area contributed by atoms with Gasteiger partial charge in [-0.1, -0.05) is 13.8 Å². The Morgan fingerprint density at radius 1 is 1.46 bits per heavy atom. The van der Waals surface area contributed by atoms with Crippen LogP contribution in [0.1, 0.15) is 39.5 Å². The van der Waals surface area contributed by atoms with Crippen LogP contribution in [0.25, 0.3) is 0 Å². The Kier molecular flexibility index (Phi) is 4.74. The molecule has 2 heteroatoms. The fraction of sp³-hybridized carbons (Fsp3) is 1.00. The van der Waals surface area contributed by atoms with Crippen molar-refractivity contribution < 1.29 is 0 Å². The first-order chi connectivity index (χ1) is 6.24. The molecule has 0 amide bonds. The first-order valence-electron chi connectivity index (χ1n) is 5.68. The van der Waals surface area contributed by atoms with Crippen LogP contribution in [0.5, 0.6) is 0 Å². The Hall–Kier alpha value is -0.0800. The highest BCUT2D eigenvalue weighted by atomic mass is 15.2. The van der Waals surface area contributed by atoms with Gasteiger partial charge in [-0.05, 0) is 44.7 Å². The summed E-state index contributed by atoms with van der Waals surface area (Å²) in [6.45, 7) is 8.05. The van der Waals surface area contributed by atoms with E-state index in [-0.39, 0.29) is 0 Å². The zero-order chi connectivity index (χ0) is 9.68. The third-order valence-electron chi connectivity index (χ3n) is 2.84. The summed E-state index contributed by atoms with van der Waals surface area (Å²) in [4.78, 5) is 2.65. The molecule has 1 saturated heterocycles. The lowest BCUT2D eigenvalue weighted by atomic mass is 10.1. The van der Waals surface area contributed by atoms with Crippen LogP contribution in [-0.4, -0.2) is 30.6 Å². The molecule has 0 aromatic heterocycles. The molecule has 1 atom stereocenters. The van der Waals surface area contributed by atoms with Gasteiger partial charge in [-0.15, -0.1) is 0 Å². The van der Waals surface area contributed by atoms with Gasteiger partial charge in [0.25, 0.3) is 0 Å². The number of rotatable bonds is 5. The topological polar surface area (TPSA) is 29.3 Å². The number of nitrogens with zero attached hydrogens (tertiary/aromatic N) is 1. The van der Waals surface area contributed by atoms with Gasteiger partial charge in [0, 0.05) is 12.6 Å². The largest absolute Gasteiger partial charge is 0.330 e. The molecule has 2 N–H and O–H groups in total. The average molecular weight is 184 g/mol. The highest BCUT2D eigenvalue weighted by molar-refractivity contribution is 4.79. The smallest absolute Gasteiger partial charge is 0.00963 e. The van der Waals surface area contributed by atoms with Gasteiger partial charge in [-0.3, -0.25) is 0 Å². The molecule has 2 nitrogen and oxygen atoms in total. The second-order valence-electron chi connectivity index (χ2n) is 4.62. The van der Waals surface area contributed by atoms with Gasteiger partial charge in [0.15, 0.2) is 0 Å². The number of hydrogen-bond acceptors (Lipinski definition) is 2. The van der Waals surface area contributed by atoms with Crippen molar-refractivity contribution in [3.05, 3.63) is 0 Å². The molecule has 0 spiro atoms. The van der Waals surface area contributed by atoms with Crippen molar-refractivity contribution in [2.24, 2.45) is 11.7 Å². The van der Waals surface area contributed by atoms with E-state index in [4.69, 9.17) is 5.73 Å². The van der Waals surface area contributed by atoms with Gasteiger partial charge in [0.2, 0.25) is 0 Å². The van der Waals surface area contributed by atoms with Crippen LogP contribution in [0.3, 0.4) is 0 Å². The molecule has 0 saturated carbocycles. The molecule has 1 rings (SSSR count). The summed E-state index contributed by atoms with van der Waals surface area (Å²) in [5.74, 6) is 0.804. The van der Waals surface area contributed by atoms with E-state index in [0.29, 0.717) is 0 Å². The predicted octanol–water partition coefficient (Wildman–Crippen LogP) is 1.85. The molecule has 0 bridgehead atoms. The minimum absolute atomic E-state index is 0.804. The molecule has 1 unspecified atom stereocenters. The van der Waals surface area contributed by atoms with Gasteiger partial charge in [0.1, 0.15) is 0 Å². The molecule has 0 radical (unpaired) electrons. The van der Waals surface area contributed by atoms with Crippen LogP contribution in [0.4, 0.5) is 0 Å². The van der Waals surface area contributed by atoms with Crippen LogP contribution in [0.15, 0.2) is 0 Å². The average Bonchev–Trinajstić information content (AvgIpc) is 2.48. The summed E-state index contributed by atoms with van der Waals surface area (Å²) in [5.41, 5.74) is 5.53. The number of nitrogens with two attached hydrogens (primary N) is 1. The standard InChI is InChI=1S/C11H24N2/c1-10(2)9-13-8-4-6-11(13)5-3-7-12/h10-11H,3-9,12H2,1-2H3. The molecule has 0 aromatic carbocycles. The van der Waals surface area contributed by atoms with E-state index in [1.54, 1.807) is 0 Å². The van der Waals surface area contributed by atoms with E-state index in [1.165, 1.54) is 38.8 Å². The van der Waals surface area contributed by atoms with Crippen LogP contribution in [-0.2, 0) is 0 Å². The van der Waals surface area contributed by atoms with E-state index in [1.807, 2.05) is 0 Å². The summed E-state index contributed by atoms with van der Waals surface area (Å²) in [5, 5.41) is 0. The maximum atomic E-state index is 5.53. The molecule has 1 fully saturated rings. The summed E-state index contributed by atoms with van der Waals surface area (Å²) in [7, 11) is 0. The molecular formula is C11H24N2. The van der Waals surface area contributed by atoms with Crippen molar-refractivity contribution in [1.29, 1.82) is 0 Å². The van der Waals surface area contributed by atoms with Crippen molar-refractivity contribution >= 4 is 0 Å². The van der Waals surface area contributed by atoms with Gasteiger partial charge in [-0.2, -0.15) is 0 Å². The molecular weight excluding hydrogens is 160 g/mol. The highest BCUT2D eigenvalue weighted by Crippen LogP contribution is 2.21. The number of hydrogen-bond donors (Lipinski definition) is 1. The van der Waals surface area contributed by atoms with Crippen molar-refractivity contribution in [2.45, 2.75) is 45.6 Å². The van der Waals surface area contributed by atoms with Crippen molar-refractivity contribution in [1.82, 2.24) is 4.90 Å². The zero-order valence-corrected chi connectivity index (χ0v) is 9.13. The van der Waals surface area contributed by atoms with Crippen LogP contribution in [0, 0.1) is 5.92 Å². The lowest BCUT2D eigenvalue weighted by molar-refractivity contribution is 0.216. The summed E-state index contributed by atoms with van der Waals surface area (Å²) in [6.07, 6.45) is 5.29. The van der Waals surface area contributed by atoms with Gasteiger partial charge in [0.05, 0.1) is 0 Å². The maximum absolute atomic E-state index is 5.53. The number of likely N-dealkylation sites (tertiary alicyclic amines) is 1. The molecule has 78 valence electrons. The van der Waals surface area contributed by atoms with Gasteiger partial charge in [-0.25, -0.2) is 0 Å². The van der Waals surface area contributed by atoms with Gasteiger partial charge >= 0.3 is 0 Å². The van der Waals surface area contributed by atoms with E-state index < -0.39 is 0 Å². The Balaban J connectivity index is 2.26. The minimum atomic E-state index is 0.804. The monoisotopic (exact) mass is 184 g/mol. The normalized spacial score (nSPS) is 24.5. The fourth-order valence-electron chi connectivity index (χ4n) is 2.28. The molecule has 1 aliphatic rings. The molecule has 0 aliphatic carbocycles. The van der Waals surface area contributed by atoms with Crippen molar-refractivity contribution in [3.63, 3.8) is 0 Å². The first kappa shape index (κ1) is 11.0. The van der Waals surface area contributed by atoms with Crippen LogP contribution in [0.2, 0.25) is 0 Å². The van der Waals surface area contributed by atoms with Crippen LogP contribution < -0.4 is 5.73 Å². The van der Waals surface area contributed by atoms with Crippen molar-refractivity contribution in [3.8, 4) is 0 Å². The molecule has 1 aliphatic heterocycles. The molecule has 1 heterocycles. The van der Waals surface area contributed by atoms with Crippen LogP contribution >= 0.6 is 0 Å². The molecule has 13 heavy (non-hydrogen) atoms. The lowest BCUT2D eigenvalue weighted by Crippen LogP contribution is -2.33.